The maximum atomic E-state index is 12.0. The highest BCUT2D eigenvalue weighted by Gasteiger charge is 2.62. The van der Waals surface area contributed by atoms with Gasteiger partial charge in [0.2, 0.25) is 0 Å². The molecule has 0 aliphatic heterocycles. The van der Waals surface area contributed by atoms with E-state index < -0.39 is 11.6 Å². The van der Waals surface area contributed by atoms with Crippen molar-refractivity contribution in [1.82, 2.24) is 0 Å². The number of carbonyl (C=O) groups excluding carboxylic acids is 1. The van der Waals surface area contributed by atoms with E-state index in [-0.39, 0.29) is 28.8 Å². The summed E-state index contributed by atoms with van der Waals surface area (Å²) in [5.41, 5.74) is -0.454. The zero-order valence-electron chi connectivity index (χ0n) is 11.9. The van der Waals surface area contributed by atoms with Gasteiger partial charge in [-0.1, -0.05) is 19.9 Å². The second-order valence-corrected chi connectivity index (χ2v) is 6.51. The zero-order chi connectivity index (χ0) is 14.3. The van der Waals surface area contributed by atoms with Crippen LogP contribution < -0.4 is 0 Å². The van der Waals surface area contributed by atoms with E-state index in [1.54, 1.807) is 13.0 Å². The molecule has 0 radical (unpaired) electrons. The lowest BCUT2D eigenvalue weighted by Crippen LogP contribution is -2.26. The van der Waals surface area contributed by atoms with E-state index in [4.69, 9.17) is 9.84 Å². The summed E-state index contributed by atoms with van der Waals surface area (Å²) < 4.78 is 5.35. The Morgan fingerprint density at radius 2 is 1.78 bits per heavy atom. The molecule has 18 heavy (non-hydrogen) atoms. The summed E-state index contributed by atoms with van der Waals surface area (Å²) in [7, 11) is 0. The summed E-state index contributed by atoms with van der Waals surface area (Å²) in [6.45, 7) is 10.9. The number of rotatable bonds is 3. The van der Waals surface area contributed by atoms with Crippen molar-refractivity contribution in [3.8, 4) is 0 Å². The molecule has 0 aromatic heterocycles. The normalized spacial score (nSPS) is 26.7. The SMILES string of the molecule is C/C(=C\C1C(C(=O)OC(C)(C)C)C1(C)C)C(=O)O. The number of hydrogen-bond donors (Lipinski definition) is 1. The van der Waals surface area contributed by atoms with Crippen LogP contribution in [0.3, 0.4) is 0 Å². The molecule has 1 rings (SSSR count). The molecule has 0 bridgehead atoms. The Bertz CT molecular complexity index is 399. The maximum Gasteiger partial charge on any atom is 0.330 e. The topological polar surface area (TPSA) is 63.6 Å². The fraction of sp³-hybridized carbons (Fsp3) is 0.714. The summed E-state index contributed by atoms with van der Waals surface area (Å²) in [6.07, 6.45) is 1.66. The third kappa shape index (κ3) is 3.12. The van der Waals surface area contributed by atoms with Gasteiger partial charge in [0.15, 0.2) is 0 Å². The standard InChI is InChI=1S/C14H22O4/c1-8(11(15)16)7-9-10(14(9,5)6)12(17)18-13(2,3)4/h7,9-10H,1-6H3,(H,15,16)/b8-7+. The lowest BCUT2D eigenvalue weighted by molar-refractivity contribution is -0.157. The molecule has 1 fully saturated rings. The van der Waals surface area contributed by atoms with Crippen LogP contribution in [0.4, 0.5) is 0 Å². The van der Waals surface area contributed by atoms with Gasteiger partial charge in [-0.2, -0.15) is 0 Å². The number of ether oxygens (including phenoxy) is 1. The van der Waals surface area contributed by atoms with E-state index in [0.717, 1.165) is 0 Å². The molecular weight excluding hydrogens is 232 g/mol. The minimum atomic E-state index is -0.944. The van der Waals surface area contributed by atoms with Crippen LogP contribution >= 0.6 is 0 Å². The quantitative estimate of drug-likeness (QED) is 0.621. The molecule has 1 saturated carbocycles. The van der Waals surface area contributed by atoms with E-state index in [2.05, 4.69) is 0 Å². The number of carboxylic acid groups (broad SMARTS) is 1. The summed E-state index contributed by atoms with van der Waals surface area (Å²) in [5.74, 6) is -1.48. The fourth-order valence-corrected chi connectivity index (χ4v) is 2.14. The molecule has 102 valence electrons. The summed E-state index contributed by atoms with van der Waals surface area (Å²) in [6, 6.07) is 0. The van der Waals surface area contributed by atoms with Gasteiger partial charge in [-0.25, -0.2) is 4.79 Å². The molecule has 2 atom stereocenters. The Balaban J connectivity index is 2.79. The van der Waals surface area contributed by atoms with Gasteiger partial charge >= 0.3 is 11.9 Å². The van der Waals surface area contributed by atoms with Crippen LogP contribution in [-0.2, 0) is 14.3 Å². The first-order valence-electron chi connectivity index (χ1n) is 6.11. The van der Waals surface area contributed by atoms with Crippen molar-refractivity contribution in [2.45, 2.75) is 47.1 Å². The number of allylic oxidation sites excluding steroid dienone is 1. The molecule has 0 saturated heterocycles. The highest BCUT2D eigenvalue weighted by Crippen LogP contribution is 2.60. The average Bonchev–Trinajstić information content (AvgIpc) is 2.64. The molecular formula is C14H22O4. The van der Waals surface area contributed by atoms with Crippen molar-refractivity contribution in [3.05, 3.63) is 11.6 Å². The van der Waals surface area contributed by atoms with Crippen molar-refractivity contribution >= 4 is 11.9 Å². The Kier molecular flexibility index (Phi) is 3.61. The molecule has 4 heteroatoms. The molecule has 1 N–H and O–H groups in total. The van der Waals surface area contributed by atoms with E-state index in [1.165, 1.54) is 0 Å². The first-order valence-corrected chi connectivity index (χ1v) is 6.11. The second-order valence-electron chi connectivity index (χ2n) is 6.51. The average molecular weight is 254 g/mol. The number of carbonyl (C=O) groups is 2. The van der Waals surface area contributed by atoms with Crippen LogP contribution in [0.15, 0.2) is 11.6 Å². The van der Waals surface area contributed by atoms with Crippen molar-refractivity contribution in [2.24, 2.45) is 17.3 Å². The predicted octanol–water partition coefficient (Wildman–Crippen LogP) is 2.63. The molecule has 0 aromatic rings. The molecule has 0 amide bonds. The van der Waals surface area contributed by atoms with Crippen LogP contribution in [-0.4, -0.2) is 22.6 Å². The van der Waals surface area contributed by atoms with Crippen LogP contribution in [0.2, 0.25) is 0 Å². The monoisotopic (exact) mass is 254 g/mol. The highest BCUT2D eigenvalue weighted by molar-refractivity contribution is 5.86. The molecule has 4 nitrogen and oxygen atoms in total. The van der Waals surface area contributed by atoms with E-state index in [1.807, 2.05) is 34.6 Å². The number of hydrogen-bond acceptors (Lipinski definition) is 3. The smallest absolute Gasteiger partial charge is 0.330 e. The second kappa shape index (κ2) is 4.41. The number of aliphatic carboxylic acids is 1. The van der Waals surface area contributed by atoms with Gasteiger partial charge in [0.25, 0.3) is 0 Å². The minimum Gasteiger partial charge on any atom is -0.478 e. The Hall–Kier alpha value is -1.32. The fourth-order valence-electron chi connectivity index (χ4n) is 2.14. The van der Waals surface area contributed by atoms with Gasteiger partial charge in [-0.15, -0.1) is 0 Å². The first-order chi connectivity index (χ1) is 7.97. The van der Waals surface area contributed by atoms with Crippen LogP contribution in [0.25, 0.3) is 0 Å². The van der Waals surface area contributed by atoms with Gasteiger partial charge in [-0.05, 0) is 39.0 Å². The molecule has 1 aliphatic carbocycles. The van der Waals surface area contributed by atoms with Crippen molar-refractivity contribution in [2.75, 3.05) is 0 Å². The molecule has 0 aromatic carbocycles. The van der Waals surface area contributed by atoms with Gasteiger partial charge in [0.05, 0.1) is 5.92 Å². The Labute approximate surface area is 108 Å². The third-order valence-electron chi connectivity index (χ3n) is 3.34. The van der Waals surface area contributed by atoms with Gasteiger partial charge in [0, 0.05) is 5.57 Å². The van der Waals surface area contributed by atoms with Gasteiger partial charge in [0.1, 0.15) is 5.60 Å². The highest BCUT2D eigenvalue weighted by atomic mass is 16.6. The number of esters is 1. The van der Waals surface area contributed by atoms with E-state index in [0.29, 0.717) is 0 Å². The minimum absolute atomic E-state index is 0.0524. The van der Waals surface area contributed by atoms with Crippen molar-refractivity contribution < 1.29 is 19.4 Å². The molecule has 0 spiro atoms. The molecule has 2 unspecified atom stereocenters. The largest absolute Gasteiger partial charge is 0.478 e. The van der Waals surface area contributed by atoms with Crippen molar-refractivity contribution in [1.29, 1.82) is 0 Å². The molecule has 1 aliphatic rings. The summed E-state index contributed by atoms with van der Waals surface area (Å²) >= 11 is 0. The Morgan fingerprint density at radius 1 is 1.28 bits per heavy atom. The van der Waals surface area contributed by atoms with Crippen LogP contribution in [0, 0.1) is 17.3 Å². The maximum absolute atomic E-state index is 12.0. The third-order valence-corrected chi connectivity index (χ3v) is 3.34. The lowest BCUT2D eigenvalue weighted by atomic mass is 10.1. The predicted molar refractivity (Wildman–Crippen MR) is 68.0 cm³/mol. The zero-order valence-corrected chi connectivity index (χ0v) is 11.9. The Morgan fingerprint density at radius 3 is 2.17 bits per heavy atom. The van der Waals surface area contributed by atoms with Gasteiger partial charge < -0.3 is 9.84 Å². The first kappa shape index (κ1) is 14.7. The van der Waals surface area contributed by atoms with Crippen molar-refractivity contribution in [3.63, 3.8) is 0 Å². The lowest BCUT2D eigenvalue weighted by Gasteiger charge is -2.19. The summed E-state index contributed by atoms with van der Waals surface area (Å²) in [4.78, 5) is 22.8. The van der Waals surface area contributed by atoms with E-state index in [9.17, 15) is 9.59 Å². The summed E-state index contributed by atoms with van der Waals surface area (Å²) in [5, 5.41) is 8.86. The molecule has 0 heterocycles. The number of carboxylic acids is 1. The van der Waals surface area contributed by atoms with Crippen LogP contribution in [0.1, 0.15) is 41.5 Å². The van der Waals surface area contributed by atoms with Gasteiger partial charge in [-0.3, -0.25) is 4.79 Å². The van der Waals surface area contributed by atoms with E-state index >= 15 is 0 Å². The van der Waals surface area contributed by atoms with Crippen LogP contribution in [0.5, 0.6) is 0 Å².